The lowest BCUT2D eigenvalue weighted by atomic mass is 10.1. The highest BCUT2D eigenvalue weighted by molar-refractivity contribution is 7.98. The molecule has 0 aliphatic carbocycles. The molecule has 3 aromatic rings. The first kappa shape index (κ1) is 15.0. The summed E-state index contributed by atoms with van der Waals surface area (Å²) in [6.45, 7) is 2.83. The first-order valence-corrected chi connectivity index (χ1v) is 9.20. The molecular formula is C17H17ClN4S. The van der Waals surface area contributed by atoms with Crippen LogP contribution in [0.1, 0.15) is 16.8 Å². The van der Waals surface area contributed by atoms with Gasteiger partial charge in [-0.3, -0.25) is 4.90 Å². The van der Waals surface area contributed by atoms with Crippen LogP contribution in [0, 0.1) is 0 Å². The Kier molecular flexibility index (Phi) is 4.01. The van der Waals surface area contributed by atoms with Gasteiger partial charge in [0.1, 0.15) is 0 Å². The van der Waals surface area contributed by atoms with Crippen LogP contribution in [0.15, 0.2) is 35.7 Å². The number of halogens is 1. The average molecular weight is 345 g/mol. The summed E-state index contributed by atoms with van der Waals surface area (Å²) in [5.74, 6) is 0. The first-order valence-electron chi connectivity index (χ1n) is 7.59. The van der Waals surface area contributed by atoms with Gasteiger partial charge in [0.25, 0.3) is 0 Å². The van der Waals surface area contributed by atoms with Crippen molar-refractivity contribution in [3.8, 4) is 0 Å². The highest BCUT2D eigenvalue weighted by Gasteiger charge is 2.19. The van der Waals surface area contributed by atoms with Crippen molar-refractivity contribution in [2.24, 2.45) is 0 Å². The van der Waals surface area contributed by atoms with Gasteiger partial charge >= 0.3 is 0 Å². The summed E-state index contributed by atoms with van der Waals surface area (Å²) < 4.78 is 0. The van der Waals surface area contributed by atoms with E-state index >= 15 is 0 Å². The lowest BCUT2D eigenvalue weighted by Gasteiger charge is -2.27. The van der Waals surface area contributed by atoms with Gasteiger partial charge in [-0.15, -0.1) is 0 Å². The zero-order valence-electron chi connectivity index (χ0n) is 12.8. The van der Waals surface area contributed by atoms with E-state index in [4.69, 9.17) is 11.6 Å². The van der Waals surface area contributed by atoms with E-state index in [0.717, 1.165) is 41.8 Å². The second kappa shape index (κ2) is 6.15. The molecule has 2 aromatic heterocycles. The minimum absolute atomic E-state index is 0.778. The van der Waals surface area contributed by atoms with Crippen molar-refractivity contribution in [3.05, 3.63) is 52.4 Å². The third-order valence-corrected chi connectivity index (χ3v) is 5.09. The molecule has 0 saturated carbocycles. The molecule has 3 heterocycles. The van der Waals surface area contributed by atoms with E-state index in [9.17, 15) is 0 Å². The van der Waals surface area contributed by atoms with Gasteiger partial charge in [0.05, 0.1) is 5.69 Å². The lowest BCUT2D eigenvalue weighted by molar-refractivity contribution is 0.243. The van der Waals surface area contributed by atoms with Crippen molar-refractivity contribution < 1.29 is 0 Å². The Morgan fingerprint density at radius 2 is 2.30 bits per heavy atom. The molecule has 0 amide bonds. The number of hydrogen-bond donors (Lipinski definition) is 1. The molecule has 0 radical (unpaired) electrons. The summed E-state index contributed by atoms with van der Waals surface area (Å²) in [4.78, 5) is 14.8. The third kappa shape index (κ3) is 2.96. The van der Waals surface area contributed by atoms with Crippen molar-refractivity contribution in [2.45, 2.75) is 24.7 Å². The predicted molar refractivity (Wildman–Crippen MR) is 94.9 cm³/mol. The van der Waals surface area contributed by atoms with Crippen LogP contribution < -0.4 is 0 Å². The summed E-state index contributed by atoms with van der Waals surface area (Å²) in [6, 6.07) is 5.99. The highest BCUT2D eigenvalue weighted by atomic mass is 35.5. The van der Waals surface area contributed by atoms with Gasteiger partial charge in [0, 0.05) is 59.9 Å². The summed E-state index contributed by atoms with van der Waals surface area (Å²) in [5.41, 5.74) is 4.86. The molecule has 0 bridgehead atoms. The Bertz CT molecular complexity index is 861. The Hall–Kier alpha value is -1.56. The van der Waals surface area contributed by atoms with Gasteiger partial charge in [-0.2, -0.15) is 0 Å². The van der Waals surface area contributed by atoms with E-state index in [1.54, 1.807) is 11.8 Å². The van der Waals surface area contributed by atoms with E-state index in [-0.39, 0.29) is 0 Å². The number of hydrogen-bond acceptors (Lipinski definition) is 4. The van der Waals surface area contributed by atoms with Crippen LogP contribution in [-0.4, -0.2) is 32.7 Å². The zero-order chi connectivity index (χ0) is 15.8. The number of benzene rings is 1. The smallest absolute Gasteiger partial charge is 0.187 e. The van der Waals surface area contributed by atoms with E-state index in [1.807, 2.05) is 30.7 Å². The quantitative estimate of drug-likeness (QED) is 0.578. The lowest BCUT2D eigenvalue weighted by Crippen LogP contribution is -2.30. The number of aromatic amines is 1. The molecule has 4 nitrogen and oxygen atoms in total. The maximum Gasteiger partial charge on any atom is 0.187 e. The first-order chi connectivity index (χ1) is 11.2. The average Bonchev–Trinajstić information content (AvgIpc) is 2.96. The third-order valence-electron chi connectivity index (χ3n) is 4.30. The van der Waals surface area contributed by atoms with E-state index in [0.29, 0.717) is 0 Å². The van der Waals surface area contributed by atoms with Crippen LogP contribution in [0.4, 0.5) is 0 Å². The number of aromatic nitrogens is 3. The van der Waals surface area contributed by atoms with Gasteiger partial charge in [-0.25, -0.2) is 9.97 Å². The Morgan fingerprint density at radius 1 is 1.39 bits per heavy atom. The van der Waals surface area contributed by atoms with Gasteiger partial charge in [0.15, 0.2) is 5.16 Å². The fourth-order valence-corrected chi connectivity index (χ4v) is 3.64. The molecule has 23 heavy (non-hydrogen) atoms. The largest absolute Gasteiger partial charge is 0.361 e. The van der Waals surface area contributed by atoms with Crippen LogP contribution in [0.5, 0.6) is 0 Å². The molecule has 4 rings (SSSR count). The number of nitrogens with zero attached hydrogens (tertiary/aromatic N) is 3. The maximum absolute atomic E-state index is 6.14. The number of fused-ring (bicyclic) bond motifs is 2. The van der Waals surface area contributed by atoms with Crippen LogP contribution in [0.2, 0.25) is 5.02 Å². The molecule has 0 unspecified atom stereocenters. The standard InChI is InChI=1S/C17H17ClN4S/c1-23-17-20-8-12-10-22(5-4-15(12)21-17)9-11-7-19-16-3-2-13(18)6-14(11)16/h2-3,6-8,19H,4-5,9-10H2,1H3. The molecule has 0 fully saturated rings. The molecule has 118 valence electrons. The molecular weight excluding hydrogens is 328 g/mol. The molecule has 1 aliphatic rings. The van der Waals surface area contributed by atoms with Gasteiger partial charge < -0.3 is 4.98 Å². The van der Waals surface area contributed by atoms with E-state index in [2.05, 4.69) is 26.0 Å². The van der Waals surface area contributed by atoms with Crippen LogP contribution in [0.25, 0.3) is 10.9 Å². The summed E-state index contributed by atoms with van der Waals surface area (Å²) >= 11 is 7.74. The molecule has 1 N–H and O–H groups in total. The second-order valence-electron chi connectivity index (χ2n) is 5.79. The topological polar surface area (TPSA) is 44.8 Å². The molecule has 0 atom stereocenters. The number of nitrogens with one attached hydrogen (secondary N) is 1. The minimum Gasteiger partial charge on any atom is -0.361 e. The van der Waals surface area contributed by atoms with E-state index < -0.39 is 0 Å². The summed E-state index contributed by atoms with van der Waals surface area (Å²) in [7, 11) is 0. The van der Waals surface area contributed by atoms with Crippen LogP contribution in [-0.2, 0) is 19.5 Å². The Morgan fingerprint density at radius 3 is 3.17 bits per heavy atom. The maximum atomic E-state index is 6.14. The van der Waals surface area contributed by atoms with Gasteiger partial charge in [-0.05, 0) is 30.0 Å². The van der Waals surface area contributed by atoms with Crippen molar-refractivity contribution in [2.75, 3.05) is 12.8 Å². The molecule has 0 saturated heterocycles. The molecule has 0 spiro atoms. The van der Waals surface area contributed by atoms with E-state index in [1.165, 1.54) is 22.2 Å². The molecule has 1 aromatic carbocycles. The predicted octanol–water partition coefficient (Wildman–Crippen LogP) is 3.89. The zero-order valence-corrected chi connectivity index (χ0v) is 14.4. The fourth-order valence-electron chi connectivity index (χ4n) is 3.11. The van der Waals surface area contributed by atoms with Crippen LogP contribution >= 0.6 is 23.4 Å². The molecule has 1 aliphatic heterocycles. The number of H-pyrrole nitrogens is 1. The minimum atomic E-state index is 0.778. The summed E-state index contributed by atoms with van der Waals surface area (Å²) in [6.07, 6.45) is 7.06. The van der Waals surface area contributed by atoms with Gasteiger partial charge in [-0.1, -0.05) is 23.4 Å². The Balaban J connectivity index is 1.56. The van der Waals surface area contributed by atoms with Crippen molar-refractivity contribution in [3.63, 3.8) is 0 Å². The number of rotatable bonds is 3. The van der Waals surface area contributed by atoms with Crippen molar-refractivity contribution >= 4 is 34.3 Å². The highest BCUT2D eigenvalue weighted by Crippen LogP contribution is 2.26. The van der Waals surface area contributed by atoms with Crippen molar-refractivity contribution in [1.29, 1.82) is 0 Å². The van der Waals surface area contributed by atoms with Crippen LogP contribution in [0.3, 0.4) is 0 Å². The monoisotopic (exact) mass is 344 g/mol. The SMILES string of the molecule is CSc1ncc2c(n1)CCN(Cc1c[nH]c3ccc(Cl)cc13)C2. The molecule has 6 heteroatoms. The number of thioether (sulfide) groups is 1. The Labute approximate surface area is 144 Å². The summed E-state index contributed by atoms with van der Waals surface area (Å²) in [5, 5.41) is 2.85. The fraction of sp³-hybridized carbons (Fsp3) is 0.294. The second-order valence-corrected chi connectivity index (χ2v) is 7.00. The normalized spacial score (nSPS) is 15.0. The van der Waals surface area contributed by atoms with Gasteiger partial charge in [0.2, 0.25) is 0 Å². The van der Waals surface area contributed by atoms with Crippen molar-refractivity contribution in [1.82, 2.24) is 19.9 Å².